The number of nitrogens with one attached hydrogen (secondary N) is 1. The number of carbonyl (C=O) groups excluding carboxylic acids is 1. The molecule has 1 N–H and O–H groups in total. The van der Waals surface area contributed by atoms with Gasteiger partial charge in [-0.2, -0.15) is 0 Å². The van der Waals surface area contributed by atoms with Crippen molar-refractivity contribution < 1.29 is 4.79 Å². The summed E-state index contributed by atoms with van der Waals surface area (Å²) in [6.45, 7) is 9.10. The van der Waals surface area contributed by atoms with Crippen molar-refractivity contribution in [3.63, 3.8) is 0 Å². The molecule has 4 rings (SSSR count). The van der Waals surface area contributed by atoms with Gasteiger partial charge < -0.3 is 5.32 Å². The first-order chi connectivity index (χ1) is 15.7. The molecule has 3 heterocycles. The van der Waals surface area contributed by atoms with Gasteiger partial charge in [-0.3, -0.25) is 18.9 Å². The first-order valence-corrected chi connectivity index (χ1v) is 12.0. The third-order valence-electron chi connectivity index (χ3n) is 5.28. The van der Waals surface area contributed by atoms with Crippen LogP contribution in [-0.4, -0.2) is 31.1 Å². The van der Waals surface area contributed by atoms with Crippen LogP contribution < -0.4 is 10.9 Å². The Morgan fingerprint density at radius 1 is 1.09 bits per heavy atom. The summed E-state index contributed by atoms with van der Waals surface area (Å²) in [5, 5.41) is 3.30. The highest BCUT2D eigenvalue weighted by molar-refractivity contribution is 8.26. The molecule has 0 radical (unpaired) electrons. The average molecular weight is 479 g/mol. The van der Waals surface area contributed by atoms with Gasteiger partial charge in [0.05, 0.1) is 10.5 Å². The zero-order chi connectivity index (χ0) is 23.7. The number of carbonyl (C=O) groups is 1. The van der Waals surface area contributed by atoms with Crippen LogP contribution >= 0.6 is 24.0 Å². The van der Waals surface area contributed by atoms with Crippen LogP contribution in [0.2, 0.25) is 0 Å². The van der Waals surface area contributed by atoms with Crippen molar-refractivity contribution in [3.8, 4) is 0 Å². The van der Waals surface area contributed by atoms with Crippen molar-refractivity contribution in [1.82, 2.24) is 14.3 Å². The molecule has 0 saturated carbocycles. The molecule has 1 saturated heterocycles. The molecule has 0 aliphatic carbocycles. The maximum atomic E-state index is 13.5. The third kappa shape index (κ3) is 5.02. The fourth-order valence-corrected chi connectivity index (χ4v) is 4.83. The fraction of sp³-hybridized carbons (Fsp3) is 0.280. The highest BCUT2D eigenvalue weighted by Crippen LogP contribution is 2.33. The molecule has 0 spiro atoms. The van der Waals surface area contributed by atoms with Crippen LogP contribution in [0.5, 0.6) is 0 Å². The predicted octanol–water partition coefficient (Wildman–Crippen LogP) is 4.78. The van der Waals surface area contributed by atoms with E-state index in [1.807, 2.05) is 64.1 Å². The van der Waals surface area contributed by atoms with Gasteiger partial charge in [0.2, 0.25) is 0 Å². The lowest BCUT2D eigenvalue weighted by atomic mass is 10.1. The number of aryl methyl sites for hydroxylation is 2. The Hall–Kier alpha value is -2.97. The van der Waals surface area contributed by atoms with E-state index in [0.717, 1.165) is 11.1 Å². The van der Waals surface area contributed by atoms with Gasteiger partial charge >= 0.3 is 0 Å². The molecule has 1 aliphatic rings. The predicted molar refractivity (Wildman–Crippen MR) is 139 cm³/mol. The third-order valence-corrected chi connectivity index (χ3v) is 6.66. The zero-order valence-corrected chi connectivity index (χ0v) is 20.7. The largest absolute Gasteiger partial charge is 0.365 e. The summed E-state index contributed by atoms with van der Waals surface area (Å²) < 4.78 is 2.03. The number of nitrogens with zero attached hydrogens (tertiary/aromatic N) is 3. The van der Waals surface area contributed by atoms with E-state index in [-0.39, 0.29) is 17.4 Å². The summed E-state index contributed by atoms with van der Waals surface area (Å²) in [5.74, 6) is 0.560. The average Bonchev–Trinajstić information content (AvgIpc) is 3.03. The van der Waals surface area contributed by atoms with Crippen LogP contribution in [0.4, 0.5) is 5.82 Å². The number of amides is 1. The van der Waals surface area contributed by atoms with Gasteiger partial charge in [-0.25, -0.2) is 4.98 Å². The highest BCUT2D eigenvalue weighted by atomic mass is 32.2. The number of hydrogen-bond acceptors (Lipinski definition) is 6. The minimum Gasteiger partial charge on any atom is -0.365 e. The molecule has 1 fully saturated rings. The molecule has 1 aliphatic heterocycles. The molecule has 33 heavy (non-hydrogen) atoms. The quantitative estimate of drug-likeness (QED) is 0.406. The van der Waals surface area contributed by atoms with Crippen molar-refractivity contribution in [2.45, 2.75) is 34.2 Å². The molecule has 170 valence electrons. The number of aromatic nitrogens is 2. The molecule has 8 heteroatoms. The molecule has 0 bridgehead atoms. The molecule has 1 aromatic carbocycles. The number of rotatable bonds is 6. The monoisotopic (exact) mass is 478 g/mol. The fourth-order valence-electron chi connectivity index (χ4n) is 3.57. The zero-order valence-electron chi connectivity index (χ0n) is 19.1. The van der Waals surface area contributed by atoms with E-state index >= 15 is 0 Å². The first kappa shape index (κ1) is 23.2. The Bertz CT molecular complexity index is 1330. The lowest BCUT2D eigenvalue weighted by Gasteiger charge is -2.16. The number of thiocarbonyl (C=S) groups is 1. The Morgan fingerprint density at radius 3 is 2.48 bits per heavy atom. The summed E-state index contributed by atoms with van der Waals surface area (Å²) in [4.78, 5) is 33.2. The summed E-state index contributed by atoms with van der Waals surface area (Å²) >= 11 is 6.65. The minimum atomic E-state index is -0.232. The second-order valence-corrected chi connectivity index (χ2v) is 10.3. The van der Waals surface area contributed by atoms with E-state index in [1.165, 1.54) is 21.7 Å². The Morgan fingerprint density at radius 2 is 1.79 bits per heavy atom. The standard InChI is InChI=1S/C25H26N4O2S2/c1-15(2)13-29-24(31)20(33-25(29)32)11-19-22(26-12-18-8-5-16(3)6-9-18)27-21-10-7-17(4)14-28(21)23(19)30/h5-11,14-15,26H,12-13H2,1-4H3. The number of thioether (sulfide) groups is 1. The van der Waals surface area contributed by atoms with E-state index in [2.05, 4.69) is 5.32 Å². The number of pyridine rings is 1. The van der Waals surface area contributed by atoms with Crippen molar-refractivity contribution in [2.75, 3.05) is 11.9 Å². The van der Waals surface area contributed by atoms with E-state index < -0.39 is 0 Å². The topological polar surface area (TPSA) is 66.7 Å². The Balaban J connectivity index is 1.77. The van der Waals surface area contributed by atoms with Crippen LogP contribution in [-0.2, 0) is 11.3 Å². The molecular formula is C25H26N4O2S2. The first-order valence-electron chi connectivity index (χ1n) is 10.8. The smallest absolute Gasteiger partial charge is 0.267 e. The number of anilines is 1. The molecule has 2 aromatic heterocycles. The molecular weight excluding hydrogens is 452 g/mol. The number of fused-ring (bicyclic) bond motifs is 1. The van der Waals surface area contributed by atoms with E-state index in [0.29, 0.717) is 39.3 Å². The van der Waals surface area contributed by atoms with Gasteiger partial charge in [0.25, 0.3) is 11.5 Å². The van der Waals surface area contributed by atoms with Crippen LogP contribution in [0.1, 0.15) is 36.1 Å². The summed E-state index contributed by atoms with van der Waals surface area (Å²) in [6, 6.07) is 11.9. The highest BCUT2D eigenvalue weighted by Gasteiger charge is 2.32. The van der Waals surface area contributed by atoms with Gasteiger partial charge in [-0.15, -0.1) is 0 Å². The van der Waals surface area contributed by atoms with Crippen molar-refractivity contribution in [3.05, 3.63) is 80.1 Å². The second kappa shape index (κ2) is 9.49. The van der Waals surface area contributed by atoms with Crippen molar-refractivity contribution in [2.24, 2.45) is 5.92 Å². The Labute approximate surface area is 202 Å². The molecule has 6 nitrogen and oxygen atoms in total. The maximum absolute atomic E-state index is 13.5. The van der Waals surface area contributed by atoms with Crippen LogP contribution in [0.15, 0.2) is 52.3 Å². The van der Waals surface area contributed by atoms with E-state index in [9.17, 15) is 9.59 Å². The van der Waals surface area contributed by atoms with Gasteiger partial charge in [0.15, 0.2) is 0 Å². The minimum absolute atomic E-state index is 0.170. The summed E-state index contributed by atoms with van der Waals surface area (Å²) in [5.41, 5.74) is 3.85. The van der Waals surface area contributed by atoms with Crippen molar-refractivity contribution in [1.29, 1.82) is 0 Å². The maximum Gasteiger partial charge on any atom is 0.267 e. The van der Waals surface area contributed by atoms with Crippen LogP contribution in [0, 0.1) is 19.8 Å². The second-order valence-electron chi connectivity index (χ2n) is 8.64. The molecule has 3 aromatic rings. The lowest BCUT2D eigenvalue weighted by molar-refractivity contribution is -0.122. The summed E-state index contributed by atoms with van der Waals surface area (Å²) in [6.07, 6.45) is 3.39. The van der Waals surface area contributed by atoms with Gasteiger partial charge in [0.1, 0.15) is 15.8 Å². The van der Waals surface area contributed by atoms with Crippen LogP contribution in [0.25, 0.3) is 11.7 Å². The van der Waals surface area contributed by atoms with Crippen LogP contribution in [0.3, 0.4) is 0 Å². The van der Waals surface area contributed by atoms with Crippen molar-refractivity contribution >= 4 is 51.7 Å². The van der Waals surface area contributed by atoms with Gasteiger partial charge in [-0.05, 0) is 43.0 Å². The number of hydrogen-bond donors (Lipinski definition) is 1. The normalized spacial score (nSPS) is 15.3. The summed E-state index contributed by atoms with van der Waals surface area (Å²) in [7, 11) is 0. The molecule has 0 unspecified atom stereocenters. The number of benzene rings is 1. The van der Waals surface area contributed by atoms with E-state index in [1.54, 1.807) is 17.2 Å². The van der Waals surface area contributed by atoms with E-state index in [4.69, 9.17) is 17.2 Å². The molecule has 1 amide bonds. The molecule has 0 atom stereocenters. The van der Waals surface area contributed by atoms with Gasteiger partial charge in [0, 0.05) is 19.3 Å². The van der Waals surface area contributed by atoms with Gasteiger partial charge in [-0.1, -0.05) is 73.7 Å². The lowest BCUT2D eigenvalue weighted by Crippen LogP contribution is -2.31. The SMILES string of the molecule is Cc1ccc(CNc2nc3ccc(C)cn3c(=O)c2C=C2SC(=S)N(CC(C)C)C2=O)cc1. The Kier molecular flexibility index (Phi) is 6.67.